The first kappa shape index (κ1) is 26.3. The second kappa shape index (κ2) is 8.67. The summed E-state index contributed by atoms with van der Waals surface area (Å²) in [5, 5.41) is 5.21. The summed E-state index contributed by atoms with van der Waals surface area (Å²) in [6.45, 7) is 4.74. The molecule has 0 saturated heterocycles. The predicted octanol–water partition coefficient (Wildman–Crippen LogP) is 12.2. The van der Waals surface area contributed by atoms with E-state index in [0.717, 1.165) is 0 Å². The van der Waals surface area contributed by atoms with Crippen molar-refractivity contribution in [1.82, 2.24) is 4.57 Å². The van der Waals surface area contributed by atoms with Gasteiger partial charge in [0.15, 0.2) is 0 Å². The topological polar surface area (TPSA) is 4.93 Å². The van der Waals surface area contributed by atoms with E-state index < -0.39 is 0 Å². The van der Waals surface area contributed by atoms with Crippen molar-refractivity contribution in [2.75, 3.05) is 0 Å². The maximum absolute atomic E-state index is 2.48. The largest absolute Gasteiger partial charge is 0.309 e. The minimum atomic E-state index is -0.0258. The number of hydrogen-bond acceptors (Lipinski definition) is 0. The van der Waals surface area contributed by atoms with Crippen LogP contribution in [0, 0.1) is 5.92 Å². The molecule has 1 saturated carbocycles. The van der Waals surface area contributed by atoms with Crippen LogP contribution < -0.4 is 0 Å². The minimum Gasteiger partial charge on any atom is -0.309 e. The Morgan fingerprint density at radius 2 is 1.35 bits per heavy atom. The van der Waals surface area contributed by atoms with Crippen LogP contribution in [0.2, 0.25) is 0 Å². The second-order valence-electron chi connectivity index (χ2n) is 15.3. The molecule has 1 fully saturated rings. The quantitative estimate of drug-likeness (QED) is 0.181. The zero-order chi connectivity index (χ0) is 32.2. The molecule has 4 aliphatic carbocycles. The fraction of sp³-hybridized carbons (Fsp3) is 0.125. The van der Waals surface area contributed by atoms with Gasteiger partial charge in [0.2, 0.25) is 0 Å². The van der Waals surface area contributed by atoms with Gasteiger partial charge in [0.1, 0.15) is 0 Å². The Morgan fingerprint density at radius 3 is 2.27 bits per heavy atom. The lowest BCUT2D eigenvalue weighted by Gasteiger charge is -2.22. The van der Waals surface area contributed by atoms with Gasteiger partial charge < -0.3 is 4.57 Å². The zero-order valence-electron chi connectivity index (χ0n) is 27.6. The SMILES string of the molecule is CC1(C)c2ccccc2-c2c1ccc1c2c2ccccc2n1-c1ccc2cc(-c3ccc4c5c3C=CC3CC53c3ccccc3-4)ccc2c1. The van der Waals surface area contributed by atoms with Crippen molar-refractivity contribution in [2.24, 2.45) is 5.92 Å². The second-order valence-corrected chi connectivity index (χ2v) is 15.3. The van der Waals surface area contributed by atoms with E-state index in [1.54, 1.807) is 5.56 Å². The Hall–Kier alpha value is -5.66. The Bertz CT molecular complexity index is 2840. The highest BCUT2D eigenvalue weighted by Gasteiger charge is 2.61. The highest BCUT2D eigenvalue weighted by molar-refractivity contribution is 6.18. The number of allylic oxidation sites excluding steroid dienone is 1. The summed E-state index contributed by atoms with van der Waals surface area (Å²) in [7, 11) is 0. The molecule has 4 aliphatic rings. The number of hydrogen-bond donors (Lipinski definition) is 0. The number of rotatable bonds is 2. The fourth-order valence-electron chi connectivity index (χ4n) is 10.4. The molecule has 0 N–H and O–H groups in total. The standard InChI is InChI=1S/C48H33N/c1-47(2)39-12-6-4-10-37(39)44-41(47)23-24-43-45(44)38-11-5-8-14-42(38)49(43)32-19-17-28-25-30(16-15-29(28)26-32)33-21-22-36-34-9-3-7-13-40(34)48-27-31(48)18-20-35(33)46(36)48/h3-26,31H,27H2,1-2H3. The van der Waals surface area contributed by atoms with Gasteiger partial charge in [-0.15, -0.1) is 0 Å². The van der Waals surface area contributed by atoms with Crippen LogP contribution in [0.5, 0.6) is 0 Å². The zero-order valence-corrected chi connectivity index (χ0v) is 27.6. The van der Waals surface area contributed by atoms with Crippen LogP contribution in [-0.4, -0.2) is 4.57 Å². The van der Waals surface area contributed by atoms with Crippen LogP contribution >= 0.6 is 0 Å². The summed E-state index contributed by atoms with van der Waals surface area (Å²) in [5.74, 6) is 0.635. The van der Waals surface area contributed by atoms with Gasteiger partial charge in [-0.2, -0.15) is 0 Å². The number of fused-ring (bicyclic) bond motifs is 10. The maximum Gasteiger partial charge on any atom is 0.0547 e. The molecule has 2 unspecified atom stereocenters. The van der Waals surface area contributed by atoms with E-state index >= 15 is 0 Å². The molecule has 2 atom stereocenters. The van der Waals surface area contributed by atoms with Gasteiger partial charge in [0.25, 0.3) is 0 Å². The Balaban J connectivity index is 1.02. The predicted molar refractivity (Wildman–Crippen MR) is 205 cm³/mol. The smallest absolute Gasteiger partial charge is 0.0547 e. The molecule has 0 bridgehead atoms. The van der Waals surface area contributed by atoms with Gasteiger partial charge in [-0.25, -0.2) is 0 Å². The molecular weight excluding hydrogens is 591 g/mol. The van der Waals surface area contributed by atoms with Gasteiger partial charge in [0, 0.05) is 27.3 Å². The van der Waals surface area contributed by atoms with Gasteiger partial charge in [-0.05, 0) is 115 Å². The summed E-state index contributed by atoms with van der Waals surface area (Å²) in [6.07, 6.45) is 6.13. The van der Waals surface area contributed by atoms with Crippen molar-refractivity contribution >= 4 is 38.7 Å². The number of benzene rings is 7. The molecule has 0 amide bonds. The van der Waals surface area contributed by atoms with Crippen LogP contribution in [0.1, 0.15) is 48.1 Å². The number of nitrogens with zero attached hydrogens (tertiary/aromatic N) is 1. The molecule has 12 rings (SSSR count). The molecule has 1 nitrogen and oxygen atoms in total. The Labute approximate surface area is 285 Å². The third kappa shape index (κ3) is 3.09. The number of para-hydroxylation sites is 1. The first-order chi connectivity index (χ1) is 24.0. The van der Waals surface area contributed by atoms with E-state index in [1.165, 1.54) is 100 Å². The lowest BCUT2D eigenvalue weighted by Crippen LogP contribution is -2.14. The van der Waals surface area contributed by atoms with E-state index in [1.807, 2.05) is 0 Å². The molecule has 1 spiro atoms. The molecule has 7 aromatic carbocycles. The van der Waals surface area contributed by atoms with Gasteiger partial charge in [-0.3, -0.25) is 0 Å². The van der Waals surface area contributed by atoms with Gasteiger partial charge in [0.05, 0.1) is 11.0 Å². The molecule has 0 aliphatic heterocycles. The average Bonchev–Trinajstić information content (AvgIpc) is 3.63. The fourth-order valence-corrected chi connectivity index (χ4v) is 10.4. The summed E-state index contributed by atoms with van der Waals surface area (Å²) in [4.78, 5) is 0. The van der Waals surface area contributed by atoms with Crippen LogP contribution in [-0.2, 0) is 10.8 Å². The molecule has 1 heterocycles. The summed E-state index contributed by atoms with van der Waals surface area (Å²) >= 11 is 0. The summed E-state index contributed by atoms with van der Waals surface area (Å²) in [6, 6.07) is 50.6. The normalized spacial score (nSPS) is 19.9. The van der Waals surface area contributed by atoms with E-state index in [0.29, 0.717) is 5.92 Å². The molecule has 1 heteroatoms. The molecule has 1 aromatic heterocycles. The molecule has 230 valence electrons. The molecule has 8 aromatic rings. The first-order valence-corrected chi connectivity index (χ1v) is 17.7. The Kier molecular flexibility index (Phi) is 4.66. The highest BCUT2D eigenvalue weighted by atomic mass is 15.0. The van der Waals surface area contributed by atoms with E-state index in [9.17, 15) is 0 Å². The van der Waals surface area contributed by atoms with Crippen molar-refractivity contribution < 1.29 is 0 Å². The molecular formula is C48H33N. The van der Waals surface area contributed by atoms with E-state index in [2.05, 4.69) is 164 Å². The van der Waals surface area contributed by atoms with Gasteiger partial charge >= 0.3 is 0 Å². The van der Waals surface area contributed by atoms with Gasteiger partial charge in [-0.1, -0.05) is 129 Å². The van der Waals surface area contributed by atoms with Crippen molar-refractivity contribution in [3.8, 4) is 39.1 Å². The average molecular weight is 624 g/mol. The highest BCUT2D eigenvalue weighted by Crippen LogP contribution is 2.70. The molecule has 0 radical (unpaired) electrons. The third-order valence-corrected chi connectivity index (χ3v) is 12.7. The van der Waals surface area contributed by atoms with Crippen molar-refractivity contribution in [3.63, 3.8) is 0 Å². The lowest BCUT2D eigenvalue weighted by molar-refractivity contribution is 0.661. The van der Waals surface area contributed by atoms with Crippen LogP contribution in [0.15, 0.2) is 140 Å². The summed E-state index contributed by atoms with van der Waals surface area (Å²) < 4.78 is 2.48. The monoisotopic (exact) mass is 623 g/mol. The maximum atomic E-state index is 2.48. The van der Waals surface area contributed by atoms with Crippen LogP contribution in [0.4, 0.5) is 0 Å². The third-order valence-electron chi connectivity index (χ3n) is 12.7. The lowest BCUT2D eigenvalue weighted by atomic mass is 9.81. The number of aromatic nitrogens is 1. The minimum absolute atomic E-state index is 0.0258. The van der Waals surface area contributed by atoms with Crippen LogP contribution in [0.25, 0.3) is 77.7 Å². The molecule has 49 heavy (non-hydrogen) atoms. The Morgan fingerprint density at radius 1 is 0.592 bits per heavy atom. The van der Waals surface area contributed by atoms with Crippen molar-refractivity contribution in [1.29, 1.82) is 0 Å². The van der Waals surface area contributed by atoms with E-state index in [4.69, 9.17) is 0 Å². The van der Waals surface area contributed by atoms with Crippen molar-refractivity contribution in [3.05, 3.63) is 167 Å². The first-order valence-electron chi connectivity index (χ1n) is 17.7. The van der Waals surface area contributed by atoms with Crippen molar-refractivity contribution in [2.45, 2.75) is 31.1 Å². The van der Waals surface area contributed by atoms with Crippen LogP contribution in [0.3, 0.4) is 0 Å². The summed E-state index contributed by atoms with van der Waals surface area (Å²) in [5.41, 5.74) is 19.5. The van der Waals surface area contributed by atoms with E-state index in [-0.39, 0.29) is 10.8 Å².